The Kier molecular flexibility index (Phi) is 4.39. The fourth-order valence-corrected chi connectivity index (χ4v) is 3.03. The van der Waals surface area contributed by atoms with Crippen LogP contribution < -0.4 is 5.32 Å². The maximum Gasteiger partial charge on any atom is 0.241 e. The zero-order chi connectivity index (χ0) is 16.6. The first-order valence-corrected chi connectivity index (χ1v) is 7.71. The molecule has 1 aromatic heterocycles. The summed E-state index contributed by atoms with van der Waals surface area (Å²) in [6, 6.07) is 5.74. The molecule has 1 aromatic carbocycles. The van der Waals surface area contributed by atoms with Gasteiger partial charge in [0, 0.05) is 13.3 Å². The lowest BCUT2D eigenvalue weighted by Crippen LogP contribution is -2.35. The summed E-state index contributed by atoms with van der Waals surface area (Å²) >= 11 is 5.92. The molecule has 0 radical (unpaired) electrons. The van der Waals surface area contributed by atoms with Crippen molar-refractivity contribution in [3.05, 3.63) is 46.7 Å². The molecule has 0 aliphatic carbocycles. The Labute approximate surface area is 140 Å². The van der Waals surface area contributed by atoms with Crippen LogP contribution >= 0.6 is 11.6 Å². The smallest absolute Gasteiger partial charge is 0.241 e. The number of hydrogen-bond donors (Lipinski definition) is 1. The van der Waals surface area contributed by atoms with E-state index in [4.69, 9.17) is 16.3 Å². The van der Waals surface area contributed by atoms with Crippen LogP contribution in [0.15, 0.2) is 30.6 Å². The Bertz CT molecular complexity index is 731. The zero-order valence-electron chi connectivity index (χ0n) is 13.3. The Hall–Kier alpha value is -1.89. The standard InChI is InChI=1S/C16H19ClN4O2/c1-10-6-12(21-8-11(17)7-18-21)4-5-13(10)15-19-16(22)14(9-23-3)20(15)2/h4-8,14-15H,9H2,1-3H3,(H,19,22)/t14-,15?/m0/s1. The molecule has 3 rings (SSSR count). The van der Waals surface area contributed by atoms with E-state index in [0.717, 1.165) is 16.8 Å². The van der Waals surface area contributed by atoms with E-state index in [9.17, 15) is 4.79 Å². The highest BCUT2D eigenvalue weighted by molar-refractivity contribution is 6.30. The predicted octanol–water partition coefficient (Wildman–Crippen LogP) is 1.91. The number of likely N-dealkylation sites (N-methyl/N-ethyl adjacent to an activating group) is 1. The third-order valence-electron chi connectivity index (χ3n) is 4.17. The SMILES string of the molecule is COC[C@H]1C(=O)NC(c2ccc(-n3cc(Cl)cn3)cc2C)N1C. The highest BCUT2D eigenvalue weighted by Crippen LogP contribution is 2.28. The second kappa shape index (κ2) is 6.31. The van der Waals surface area contributed by atoms with Gasteiger partial charge in [-0.3, -0.25) is 9.69 Å². The minimum Gasteiger partial charge on any atom is -0.383 e. The number of amides is 1. The highest BCUT2D eigenvalue weighted by Gasteiger charge is 2.38. The largest absolute Gasteiger partial charge is 0.383 e. The van der Waals surface area contributed by atoms with Gasteiger partial charge in [0.05, 0.1) is 23.5 Å². The van der Waals surface area contributed by atoms with Crippen LogP contribution in [0.25, 0.3) is 5.69 Å². The summed E-state index contributed by atoms with van der Waals surface area (Å²) in [7, 11) is 3.52. The quantitative estimate of drug-likeness (QED) is 0.928. The molecule has 1 N–H and O–H groups in total. The van der Waals surface area contributed by atoms with Crippen molar-refractivity contribution in [1.82, 2.24) is 20.0 Å². The molecule has 2 heterocycles. The number of rotatable bonds is 4. The van der Waals surface area contributed by atoms with Crippen molar-refractivity contribution in [3.63, 3.8) is 0 Å². The number of hydrogen-bond acceptors (Lipinski definition) is 4. The number of nitrogens with zero attached hydrogens (tertiary/aromatic N) is 3. The molecule has 1 unspecified atom stereocenters. The summed E-state index contributed by atoms with van der Waals surface area (Å²) in [5, 5.41) is 7.82. The topological polar surface area (TPSA) is 59.4 Å². The van der Waals surface area contributed by atoms with Gasteiger partial charge in [-0.1, -0.05) is 17.7 Å². The van der Waals surface area contributed by atoms with Gasteiger partial charge in [-0.25, -0.2) is 4.68 Å². The van der Waals surface area contributed by atoms with Crippen molar-refractivity contribution in [1.29, 1.82) is 0 Å². The fourth-order valence-electron chi connectivity index (χ4n) is 2.90. The normalized spacial score (nSPS) is 21.7. The van der Waals surface area contributed by atoms with E-state index >= 15 is 0 Å². The average Bonchev–Trinajstić information content (AvgIpc) is 3.06. The van der Waals surface area contributed by atoms with Crippen LogP contribution in [0, 0.1) is 6.92 Å². The summed E-state index contributed by atoms with van der Waals surface area (Å²) < 4.78 is 6.86. The van der Waals surface area contributed by atoms with Crippen molar-refractivity contribution in [2.45, 2.75) is 19.1 Å². The number of nitrogens with one attached hydrogen (secondary N) is 1. The van der Waals surface area contributed by atoms with Crippen LogP contribution in [-0.2, 0) is 9.53 Å². The summed E-state index contributed by atoms with van der Waals surface area (Å²) in [5.74, 6) is -0.0123. The number of aromatic nitrogens is 2. The van der Waals surface area contributed by atoms with Crippen LogP contribution in [0.2, 0.25) is 5.02 Å². The predicted molar refractivity (Wildman–Crippen MR) is 87.6 cm³/mol. The molecule has 1 saturated heterocycles. The summed E-state index contributed by atoms with van der Waals surface area (Å²) in [6.45, 7) is 2.40. The molecule has 122 valence electrons. The molecular formula is C16H19ClN4O2. The van der Waals surface area contributed by atoms with Gasteiger partial charge in [0.15, 0.2) is 0 Å². The van der Waals surface area contributed by atoms with Crippen molar-refractivity contribution >= 4 is 17.5 Å². The first kappa shape index (κ1) is 16.0. The third-order valence-corrected chi connectivity index (χ3v) is 4.36. The highest BCUT2D eigenvalue weighted by atomic mass is 35.5. The van der Waals surface area contributed by atoms with E-state index in [1.165, 1.54) is 0 Å². The van der Waals surface area contributed by atoms with Gasteiger partial charge in [0.2, 0.25) is 5.91 Å². The molecule has 6 nitrogen and oxygen atoms in total. The van der Waals surface area contributed by atoms with Crippen LogP contribution in [0.3, 0.4) is 0 Å². The molecule has 0 saturated carbocycles. The van der Waals surface area contributed by atoms with Gasteiger partial charge in [0.1, 0.15) is 12.2 Å². The van der Waals surface area contributed by atoms with Gasteiger partial charge >= 0.3 is 0 Å². The molecule has 2 aromatic rings. The lowest BCUT2D eigenvalue weighted by molar-refractivity contribution is -0.122. The Morgan fingerprint density at radius 1 is 1.43 bits per heavy atom. The van der Waals surface area contributed by atoms with Gasteiger partial charge in [-0.2, -0.15) is 5.10 Å². The molecule has 1 fully saturated rings. The van der Waals surface area contributed by atoms with E-state index in [1.54, 1.807) is 24.2 Å². The van der Waals surface area contributed by atoms with E-state index in [1.807, 2.05) is 37.1 Å². The molecular weight excluding hydrogens is 316 g/mol. The minimum absolute atomic E-state index is 0.0123. The van der Waals surface area contributed by atoms with Gasteiger partial charge < -0.3 is 10.1 Å². The first-order chi connectivity index (χ1) is 11.0. The second-order valence-electron chi connectivity index (χ2n) is 5.69. The molecule has 1 amide bonds. The number of methoxy groups -OCH3 is 1. The third kappa shape index (κ3) is 2.97. The molecule has 1 aliphatic rings. The molecule has 7 heteroatoms. The molecule has 0 bridgehead atoms. The maximum atomic E-state index is 12.1. The molecule has 23 heavy (non-hydrogen) atoms. The Morgan fingerprint density at radius 2 is 2.22 bits per heavy atom. The van der Waals surface area contributed by atoms with Crippen molar-refractivity contribution in [2.75, 3.05) is 20.8 Å². The lowest BCUT2D eigenvalue weighted by atomic mass is 10.0. The van der Waals surface area contributed by atoms with E-state index in [0.29, 0.717) is 11.6 Å². The number of ether oxygens (including phenoxy) is 1. The van der Waals surface area contributed by atoms with Crippen LogP contribution in [-0.4, -0.2) is 47.4 Å². The van der Waals surface area contributed by atoms with E-state index in [-0.39, 0.29) is 18.1 Å². The summed E-state index contributed by atoms with van der Waals surface area (Å²) in [6.07, 6.45) is 3.21. The zero-order valence-corrected chi connectivity index (χ0v) is 14.0. The molecule has 2 atom stereocenters. The van der Waals surface area contributed by atoms with Crippen molar-refractivity contribution < 1.29 is 9.53 Å². The lowest BCUT2D eigenvalue weighted by Gasteiger charge is -2.24. The minimum atomic E-state index is -0.269. The van der Waals surface area contributed by atoms with E-state index in [2.05, 4.69) is 10.4 Å². The average molecular weight is 335 g/mol. The second-order valence-corrected chi connectivity index (χ2v) is 6.13. The van der Waals surface area contributed by atoms with Crippen molar-refractivity contribution in [3.8, 4) is 5.69 Å². The number of halogens is 1. The monoisotopic (exact) mass is 334 g/mol. The number of aryl methyl sites for hydroxylation is 1. The maximum absolute atomic E-state index is 12.1. The summed E-state index contributed by atoms with van der Waals surface area (Å²) in [4.78, 5) is 14.1. The number of carbonyl (C=O) groups excluding carboxylic acids is 1. The van der Waals surface area contributed by atoms with Gasteiger partial charge in [-0.05, 0) is 37.2 Å². The first-order valence-electron chi connectivity index (χ1n) is 7.33. The number of carbonyl (C=O) groups is 1. The van der Waals surface area contributed by atoms with Crippen molar-refractivity contribution in [2.24, 2.45) is 0 Å². The molecule has 1 aliphatic heterocycles. The van der Waals surface area contributed by atoms with Crippen LogP contribution in [0.4, 0.5) is 0 Å². The van der Waals surface area contributed by atoms with Gasteiger partial charge in [-0.15, -0.1) is 0 Å². The Balaban J connectivity index is 1.88. The Morgan fingerprint density at radius 3 is 2.83 bits per heavy atom. The number of benzene rings is 1. The van der Waals surface area contributed by atoms with E-state index < -0.39 is 0 Å². The molecule has 0 spiro atoms. The van der Waals surface area contributed by atoms with Crippen LogP contribution in [0.5, 0.6) is 0 Å². The fraction of sp³-hybridized carbons (Fsp3) is 0.375. The summed E-state index contributed by atoms with van der Waals surface area (Å²) in [5.41, 5.74) is 3.06. The van der Waals surface area contributed by atoms with Crippen LogP contribution in [0.1, 0.15) is 17.3 Å². The van der Waals surface area contributed by atoms with Gasteiger partial charge in [0.25, 0.3) is 0 Å².